The standard InChI is InChI=1S/C15H13N3O6S/c1-22-11-4-6-12(7-5-11)23-14-17-18(15(19)24-14)10-2-8-13(9-3-10)25(16,20)21/h2-9H,1H3,(H2,16,20,21). The van der Waals surface area contributed by atoms with Gasteiger partial charge >= 0.3 is 11.8 Å². The van der Waals surface area contributed by atoms with Gasteiger partial charge in [-0.1, -0.05) is 5.10 Å². The number of hydrogen-bond donors (Lipinski definition) is 1. The zero-order chi connectivity index (χ0) is 18.0. The number of rotatable bonds is 5. The number of aromatic nitrogens is 2. The van der Waals surface area contributed by atoms with Crippen LogP contribution >= 0.6 is 0 Å². The molecule has 0 aliphatic rings. The molecule has 0 bridgehead atoms. The molecule has 0 saturated heterocycles. The van der Waals surface area contributed by atoms with Gasteiger partial charge in [0.15, 0.2) is 0 Å². The molecule has 10 heteroatoms. The second-order valence-electron chi connectivity index (χ2n) is 4.86. The summed E-state index contributed by atoms with van der Waals surface area (Å²) in [7, 11) is -2.28. The molecule has 0 aliphatic carbocycles. The van der Waals surface area contributed by atoms with Gasteiger partial charge in [-0.25, -0.2) is 18.4 Å². The molecule has 1 heterocycles. The van der Waals surface area contributed by atoms with Crippen LogP contribution in [0.1, 0.15) is 0 Å². The lowest BCUT2D eigenvalue weighted by Gasteiger charge is -2.02. The van der Waals surface area contributed by atoms with Gasteiger partial charge < -0.3 is 13.9 Å². The van der Waals surface area contributed by atoms with Gasteiger partial charge in [0, 0.05) is 0 Å². The zero-order valence-electron chi connectivity index (χ0n) is 12.9. The Hall–Kier alpha value is -3.11. The fourth-order valence-corrected chi connectivity index (χ4v) is 2.50. The Morgan fingerprint density at radius 2 is 1.64 bits per heavy atom. The van der Waals surface area contributed by atoms with Crippen LogP contribution < -0.4 is 20.4 Å². The van der Waals surface area contributed by atoms with Crippen molar-refractivity contribution in [2.24, 2.45) is 5.14 Å². The summed E-state index contributed by atoms with van der Waals surface area (Å²) in [6.07, 6.45) is -0.259. The average Bonchev–Trinajstić information content (AvgIpc) is 2.95. The van der Waals surface area contributed by atoms with Crippen LogP contribution in [-0.2, 0) is 10.0 Å². The van der Waals surface area contributed by atoms with E-state index < -0.39 is 15.8 Å². The first-order chi connectivity index (χ1) is 11.9. The van der Waals surface area contributed by atoms with Crippen molar-refractivity contribution in [3.63, 3.8) is 0 Å². The SMILES string of the molecule is COc1ccc(Oc2nn(-c3ccc(S(N)(=O)=O)cc3)c(=O)o2)cc1. The van der Waals surface area contributed by atoms with Crippen molar-refractivity contribution < 1.29 is 22.3 Å². The lowest BCUT2D eigenvalue weighted by Crippen LogP contribution is -2.15. The molecule has 3 aromatic rings. The van der Waals surface area contributed by atoms with E-state index in [1.165, 1.54) is 31.4 Å². The largest absolute Gasteiger partial charge is 0.497 e. The van der Waals surface area contributed by atoms with Crippen molar-refractivity contribution in [3.05, 3.63) is 59.1 Å². The highest BCUT2D eigenvalue weighted by Gasteiger charge is 2.13. The van der Waals surface area contributed by atoms with Gasteiger partial charge in [-0.05, 0) is 48.5 Å². The smallest absolute Gasteiger partial charge is 0.444 e. The number of sulfonamides is 1. The summed E-state index contributed by atoms with van der Waals surface area (Å²) in [5.41, 5.74) is 0.297. The molecule has 0 aliphatic heterocycles. The third kappa shape index (κ3) is 3.70. The number of hydrogen-bond acceptors (Lipinski definition) is 7. The Labute approximate surface area is 142 Å². The lowest BCUT2D eigenvalue weighted by atomic mass is 10.3. The molecule has 0 amide bonds. The van der Waals surface area contributed by atoms with Crippen molar-refractivity contribution in [1.29, 1.82) is 0 Å². The highest BCUT2D eigenvalue weighted by molar-refractivity contribution is 7.89. The molecule has 2 aromatic carbocycles. The molecule has 0 fully saturated rings. The molecule has 130 valence electrons. The highest BCUT2D eigenvalue weighted by Crippen LogP contribution is 2.22. The van der Waals surface area contributed by atoms with Crippen molar-refractivity contribution in [2.75, 3.05) is 7.11 Å². The minimum Gasteiger partial charge on any atom is -0.497 e. The van der Waals surface area contributed by atoms with E-state index in [1.807, 2.05) is 0 Å². The van der Waals surface area contributed by atoms with Crippen LogP contribution in [0.5, 0.6) is 17.6 Å². The summed E-state index contributed by atoms with van der Waals surface area (Å²) in [5.74, 6) is 0.264. The van der Waals surface area contributed by atoms with E-state index in [9.17, 15) is 13.2 Å². The molecule has 0 spiro atoms. The van der Waals surface area contributed by atoms with Crippen LogP contribution in [0, 0.1) is 0 Å². The summed E-state index contributed by atoms with van der Waals surface area (Å²) in [4.78, 5) is 11.8. The van der Waals surface area contributed by atoms with Crippen LogP contribution in [0.4, 0.5) is 0 Å². The Balaban J connectivity index is 1.85. The van der Waals surface area contributed by atoms with Gasteiger partial charge in [0.1, 0.15) is 11.5 Å². The first-order valence-corrected chi connectivity index (χ1v) is 8.47. The molecule has 9 nitrogen and oxygen atoms in total. The molecular formula is C15H13N3O6S. The van der Waals surface area contributed by atoms with Crippen LogP contribution in [0.2, 0.25) is 0 Å². The molecule has 25 heavy (non-hydrogen) atoms. The minimum atomic E-state index is -3.82. The van der Waals surface area contributed by atoms with E-state index in [1.54, 1.807) is 24.3 Å². The van der Waals surface area contributed by atoms with Crippen molar-refractivity contribution in [3.8, 4) is 23.3 Å². The van der Waals surface area contributed by atoms with Crippen LogP contribution in [0.3, 0.4) is 0 Å². The van der Waals surface area contributed by atoms with E-state index in [0.717, 1.165) is 4.68 Å². The third-order valence-electron chi connectivity index (χ3n) is 3.20. The van der Waals surface area contributed by atoms with Crippen LogP contribution in [0.15, 0.2) is 62.6 Å². The van der Waals surface area contributed by atoms with Crippen LogP contribution in [-0.4, -0.2) is 25.3 Å². The Morgan fingerprint density at radius 1 is 1.04 bits per heavy atom. The quantitative estimate of drug-likeness (QED) is 0.723. The molecule has 0 saturated carbocycles. The van der Waals surface area contributed by atoms with Gasteiger partial charge in [0.05, 0.1) is 17.7 Å². The number of ether oxygens (including phenoxy) is 2. The van der Waals surface area contributed by atoms with E-state index in [-0.39, 0.29) is 11.0 Å². The summed E-state index contributed by atoms with van der Waals surface area (Å²) in [6, 6.07) is 11.9. The molecule has 0 radical (unpaired) electrons. The topological polar surface area (TPSA) is 127 Å². The Morgan fingerprint density at radius 3 is 2.20 bits per heavy atom. The van der Waals surface area contributed by atoms with E-state index in [2.05, 4.69) is 5.10 Å². The van der Waals surface area contributed by atoms with Crippen molar-refractivity contribution in [1.82, 2.24) is 9.78 Å². The minimum absolute atomic E-state index is 0.0810. The molecule has 1 aromatic heterocycles. The molecule has 2 N–H and O–H groups in total. The fraction of sp³-hybridized carbons (Fsp3) is 0.0667. The van der Waals surface area contributed by atoms with Gasteiger partial charge in [-0.3, -0.25) is 0 Å². The summed E-state index contributed by atoms with van der Waals surface area (Å²) in [5, 5.41) is 8.94. The van der Waals surface area contributed by atoms with Gasteiger partial charge in [0.2, 0.25) is 10.0 Å². The Bertz CT molecular complexity index is 1040. The van der Waals surface area contributed by atoms with E-state index in [0.29, 0.717) is 17.2 Å². The third-order valence-corrected chi connectivity index (χ3v) is 4.13. The number of nitrogens with zero attached hydrogens (tertiary/aromatic N) is 2. The summed E-state index contributed by atoms with van der Waals surface area (Å²) < 4.78 is 38.8. The van der Waals surface area contributed by atoms with E-state index >= 15 is 0 Å². The maximum atomic E-state index is 11.9. The first-order valence-electron chi connectivity index (χ1n) is 6.92. The lowest BCUT2D eigenvalue weighted by molar-refractivity contribution is 0.319. The fourth-order valence-electron chi connectivity index (χ4n) is 1.99. The number of benzene rings is 2. The molecule has 0 atom stereocenters. The van der Waals surface area contributed by atoms with Gasteiger partial charge in [0.25, 0.3) is 0 Å². The number of primary sulfonamides is 1. The number of methoxy groups -OCH3 is 1. The Kier molecular flexibility index (Phi) is 4.30. The van der Waals surface area contributed by atoms with Crippen molar-refractivity contribution >= 4 is 10.0 Å². The maximum Gasteiger partial charge on any atom is 0.444 e. The molecule has 3 rings (SSSR count). The normalized spacial score (nSPS) is 11.3. The summed E-state index contributed by atoms with van der Waals surface area (Å²) >= 11 is 0. The summed E-state index contributed by atoms with van der Waals surface area (Å²) in [6.45, 7) is 0. The maximum absolute atomic E-state index is 11.9. The molecule has 0 unspecified atom stereocenters. The average molecular weight is 363 g/mol. The second kappa shape index (κ2) is 6.42. The number of nitrogens with two attached hydrogens (primary N) is 1. The zero-order valence-corrected chi connectivity index (χ0v) is 13.8. The predicted octanol–water partition coefficient (Wildman–Crippen LogP) is 1.27. The monoisotopic (exact) mass is 363 g/mol. The highest BCUT2D eigenvalue weighted by atomic mass is 32.2. The molecular weight excluding hydrogens is 350 g/mol. The predicted molar refractivity (Wildman–Crippen MR) is 86.5 cm³/mol. The first kappa shape index (κ1) is 16.7. The van der Waals surface area contributed by atoms with Gasteiger partial charge in [-0.15, -0.1) is 0 Å². The second-order valence-corrected chi connectivity index (χ2v) is 6.42. The van der Waals surface area contributed by atoms with Gasteiger partial charge in [-0.2, -0.15) is 4.68 Å². The van der Waals surface area contributed by atoms with E-state index in [4.69, 9.17) is 19.0 Å². The van der Waals surface area contributed by atoms with Crippen LogP contribution in [0.25, 0.3) is 5.69 Å². The van der Waals surface area contributed by atoms with Crippen molar-refractivity contribution in [2.45, 2.75) is 4.90 Å².